The van der Waals surface area contributed by atoms with E-state index in [2.05, 4.69) is 6.07 Å². The number of benzene rings is 1. The number of nitriles is 1. The summed E-state index contributed by atoms with van der Waals surface area (Å²) in [4.78, 5) is 0. The van der Waals surface area contributed by atoms with Gasteiger partial charge in [0.15, 0.2) is 0 Å². The van der Waals surface area contributed by atoms with Crippen LogP contribution in [0.15, 0.2) is 18.2 Å². The number of rotatable bonds is 0. The lowest BCUT2D eigenvalue weighted by Crippen LogP contribution is -2.20. The number of hydrogen-bond donors (Lipinski definition) is 1. The molecule has 2 rings (SSSR count). The molecule has 3 nitrogen and oxygen atoms in total. The molecule has 0 aromatic heterocycles. The summed E-state index contributed by atoms with van der Waals surface area (Å²) in [6.45, 7) is 0.642. The van der Waals surface area contributed by atoms with Crippen LogP contribution in [0.3, 0.4) is 0 Å². The van der Waals surface area contributed by atoms with Gasteiger partial charge in [0.05, 0.1) is 18.2 Å². The molecule has 0 saturated heterocycles. The Morgan fingerprint density at radius 3 is 3.15 bits per heavy atom. The molecular weight excluding hydrogens is 164 g/mol. The van der Waals surface area contributed by atoms with Gasteiger partial charge in [0, 0.05) is 18.0 Å². The summed E-state index contributed by atoms with van der Waals surface area (Å²) in [5.41, 5.74) is 7.50. The van der Waals surface area contributed by atoms with Crippen molar-refractivity contribution in [1.82, 2.24) is 0 Å². The van der Waals surface area contributed by atoms with Gasteiger partial charge in [-0.05, 0) is 12.1 Å². The molecule has 1 aromatic rings. The van der Waals surface area contributed by atoms with Crippen LogP contribution in [-0.2, 0) is 0 Å². The zero-order chi connectivity index (χ0) is 9.26. The summed E-state index contributed by atoms with van der Waals surface area (Å²) < 4.78 is 5.41. The van der Waals surface area contributed by atoms with Crippen molar-refractivity contribution in [1.29, 1.82) is 5.26 Å². The molecule has 1 atom stereocenters. The largest absolute Gasteiger partial charge is 0.493 e. The standard InChI is InChI=1S/C10H10N2O/c11-6-7-1-2-8-9(12)3-4-13-10(8)5-7/h1-2,5,9H,3-4,12H2/t9-/m0/s1. The third-order valence-corrected chi connectivity index (χ3v) is 2.23. The maximum atomic E-state index is 8.67. The Bertz CT molecular complexity index is 368. The van der Waals surface area contributed by atoms with Gasteiger partial charge in [-0.25, -0.2) is 0 Å². The number of hydrogen-bond acceptors (Lipinski definition) is 3. The highest BCUT2D eigenvalue weighted by Gasteiger charge is 2.17. The first-order valence-corrected chi connectivity index (χ1v) is 4.23. The Labute approximate surface area is 76.7 Å². The summed E-state index contributed by atoms with van der Waals surface area (Å²) in [5.74, 6) is 0.762. The minimum absolute atomic E-state index is 0.0523. The van der Waals surface area contributed by atoms with Crippen molar-refractivity contribution in [2.75, 3.05) is 6.61 Å². The van der Waals surface area contributed by atoms with Gasteiger partial charge in [0.2, 0.25) is 0 Å². The van der Waals surface area contributed by atoms with E-state index in [0.717, 1.165) is 17.7 Å². The van der Waals surface area contributed by atoms with Crippen LogP contribution < -0.4 is 10.5 Å². The van der Waals surface area contributed by atoms with Crippen molar-refractivity contribution in [3.8, 4) is 11.8 Å². The van der Waals surface area contributed by atoms with E-state index in [-0.39, 0.29) is 6.04 Å². The van der Waals surface area contributed by atoms with Crippen molar-refractivity contribution in [3.05, 3.63) is 29.3 Å². The Balaban J connectivity index is 2.47. The average molecular weight is 174 g/mol. The second kappa shape index (κ2) is 3.08. The SMILES string of the molecule is N#Cc1ccc2c(c1)OCC[C@@H]2N. The van der Waals surface area contributed by atoms with Gasteiger partial charge >= 0.3 is 0 Å². The molecule has 0 saturated carbocycles. The van der Waals surface area contributed by atoms with E-state index in [1.807, 2.05) is 6.07 Å². The Kier molecular flexibility index (Phi) is 1.91. The van der Waals surface area contributed by atoms with Crippen molar-refractivity contribution in [2.45, 2.75) is 12.5 Å². The van der Waals surface area contributed by atoms with Gasteiger partial charge in [-0.2, -0.15) is 5.26 Å². The minimum Gasteiger partial charge on any atom is -0.493 e. The van der Waals surface area contributed by atoms with E-state index in [4.69, 9.17) is 15.7 Å². The molecule has 2 N–H and O–H groups in total. The Hall–Kier alpha value is -1.53. The van der Waals surface area contributed by atoms with Crippen LogP contribution in [0.4, 0.5) is 0 Å². The van der Waals surface area contributed by atoms with Gasteiger partial charge in [0.1, 0.15) is 5.75 Å². The zero-order valence-corrected chi connectivity index (χ0v) is 7.16. The molecule has 0 bridgehead atoms. The molecule has 66 valence electrons. The summed E-state index contributed by atoms with van der Waals surface area (Å²) >= 11 is 0. The van der Waals surface area contributed by atoms with E-state index in [1.165, 1.54) is 0 Å². The van der Waals surface area contributed by atoms with Gasteiger partial charge < -0.3 is 10.5 Å². The molecule has 0 unspecified atom stereocenters. The molecule has 1 aromatic carbocycles. The van der Waals surface area contributed by atoms with Crippen molar-refractivity contribution in [3.63, 3.8) is 0 Å². The predicted octanol–water partition coefficient (Wildman–Crippen LogP) is 1.34. The van der Waals surface area contributed by atoms with Crippen LogP contribution in [-0.4, -0.2) is 6.61 Å². The molecule has 0 spiro atoms. The fourth-order valence-electron chi connectivity index (χ4n) is 1.49. The average Bonchev–Trinajstić information content (AvgIpc) is 2.18. The first-order valence-electron chi connectivity index (χ1n) is 4.23. The van der Waals surface area contributed by atoms with Gasteiger partial charge in [-0.1, -0.05) is 6.07 Å². The minimum atomic E-state index is 0.0523. The summed E-state index contributed by atoms with van der Waals surface area (Å²) in [7, 11) is 0. The molecule has 0 radical (unpaired) electrons. The molecule has 1 aliphatic rings. The van der Waals surface area contributed by atoms with E-state index < -0.39 is 0 Å². The molecule has 0 fully saturated rings. The number of fused-ring (bicyclic) bond motifs is 1. The molecule has 3 heteroatoms. The summed E-state index contributed by atoms with van der Waals surface area (Å²) in [6.07, 6.45) is 0.846. The number of ether oxygens (including phenoxy) is 1. The van der Waals surface area contributed by atoms with E-state index in [9.17, 15) is 0 Å². The highest BCUT2D eigenvalue weighted by molar-refractivity contribution is 5.44. The first kappa shape index (κ1) is 8.09. The Morgan fingerprint density at radius 1 is 1.54 bits per heavy atom. The van der Waals surface area contributed by atoms with Gasteiger partial charge in [-0.15, -0.1) is 0 Å². The number of nitrogens with zero attached hydrogens (tertiary/aromatic N) is 1. The lowest BCUT2D eigenvalue weighted by Gasteiger charge is -2.22. The topological polar surface area (TPSA) is 59.0 Å². The normalized spacial score (nSPS) is 19.8. The lowest BCUT2D eigenvalue weighted by atomic mass is 10.00. The second-order valence-corrected chi connectivity index (χ2v) is 3.11. The van der Waals surface area contributed by atoms with Crippen LogP contribution in [0, 0.1) is 11.3 Å². The number of nitrogens with two attached hydrogens (primary N) is 1. The third kappa shape index (κ3) is 1.36. The smallest absolute Gasteiger partial charge is 0.125 e. The quantitative estimate of drug-likeness (QED) is 0.645. The molecule has 0 aliphatic carbocycles. The highest BCUT2D eigenvalue weighted by Crippen LogP contribution is 2.30. The van der Waals surface area contributed by atoms with E-state index in [1.54, 1.807) is 12.1 Å². The fourth-order valence-corrected chi connectivity index (χ4v) is 1.49. The van der Waals surface area contributed by atoms with Crippen molar-refractivity contribution < 1.29 is 4.74 Å². The molecule has 13 heavy (non-hydrogen) atoms. The Morgan fingerprint density at radius 2 is 2.38 bits per heavy atom. The van der Waals surface area contributed by atoms with Crippen LogP contribution in [0.2, 0.25) is 0 Å². The van der Waals surface area contributed by atoms with Gasteiger partial charge in [0.25, 0.3) is 0 Å². The van der Waals surface area contributed by atoms with Crippen LogP contribution >= 0.6 is 0 Å². The highest BCUT2D eigenvalue weighted by atomic mass is 16.5. The summed E-state index contributed by atoms with van der Waals surface area (Å²) in [6, 6.07) is 7.51. The van der Waals surface area contributed by atoms with E-state index in [0.29, 0.717) is 12.2 Å². The monoisotopic (exact) mass is 174 g/mol. The molecule has 0 amide bonds. The fraction of sp³-hybridized carbons (Fsp3) is 0.300. The first-order chi connectivity index (χ1) is 6.31. The lowest BCUT2D eigenvalue weighted by molar-refractivity contribution is 0.269. The van der Waals surface area contributed by atoms with Crippen LogP contribution in [0.1, 0.15) is 23.6 Å². The van der Waals surface area contributed by atoms with Crippen LogP contribution in [0.5, 0.6) is 5.75 Å². The third-order valence-electron chi connectivity index (χ3n) is 2.23. The maximum Gasteiger partial charge on any atom is 0.125 e. The van der Waals surface area contributed by atoms with Crippen molar-refractivity contribution in [2.24, 2.45) is 5.73 Å². The molecule has 1 heterocycles. The zero-order valence-electron chi connectivity index (χ0n) is 7.16. The van der Waals surface area contributed by atoms with E-state index >= 15 is 0 Å². The second-order valence-electron chi connectivity index (χ2n) is 3.11. The van der Waals surface area contributed by atoms with Gasteiger partial charge in [-0.3, -0.25) is 0 Å². The maximum absolute atomic E-state index is 8.67. The van der Waals surface area contributed by atoms with Crippen LogP contribution in [0.25, 0.3) is 0 Å². The van der Waals surface area contributed by atoms with Crippen molar-refractivity contribution >= 4 is 0 Å². The molecule has 1 aliphatic heterocycles. The molecular formula is C10H10N2O. The predicted molar refractivity (Wildman–Crippen MR) is 48.2 cm³/mol. The summed E-state index contributed by atoms with van der Waals surface area (Å²) in [5, 5.41) is 8.67.